The van der Waals surface area contributed by atoms with Gasteiger partial charge in [-0.15, -0.1) is 0 Å². The molecular weight excluding hydrogens is 436 g/mol. The molecule has 0 atom stereocenters. The van der Waals surface area contributed by atoms with Crippen LogP contribution in [0.5, 0.6) is 0 Å². The number of alkyl halides is 1. The third-order valence-corrected chi connectivity index (χ3v) is 4.91. The number of halogens is 1. The predicted molar refractivity (Wildman–Crippen MR) is 135 cm³/mol. The van der Waals surface area contributed by atoms with Gasteiger partial charge in [0.1, 0.15) is 0 Å². The molecule has 0 bridgehead atoms. The van der Waals surface area contributed by atoms with Gasteiger partial charge in [0.25, 0.3) is 0 Å². The molecule has 0 radical (unpaired) electrons. The monoisotopic (exact) mass is 474 g/mol. The number of hydrogen-bond donors (Lipinski definition) is 2. The van der Waals surface area contributed by atoms with E-state index in [1.165, 1.54) is 33.5 Å². The summed E-state index contributed by atoms with van der Waals surface area (Å²) >= 11 is 2.94. The van der Waals surface area contributed by atoms with Crippen molar-refractivity contribution in [2.75, 3.05) is 32.1 Å². The van der Waals surface area contributed by atoms with Crippen molar-refractivity contribution < 1.29 is 5.11 Å². The van der Waals surface area contributed by atoms with Crippen molar-refractivity contribution in [3.05, 3.63) is 76.4 Å². The number of aliphatic hydroxyl groups excluding tert-OH is 1. The fourth-order valence-corrected chi connectivity index (χ4v) is 3.71. The first-order chi connectivity index (χ1) is 14.5. The number of benzene rings is 2. The summed E-state index contributed by atoms with van der Waals surface area (Å²) in [6, 6.07) is 15.2. The van der Waals surface area contributed by atoms with Gasteiger partial charge >= 0.3 is 0 Å². The molecule has 4 heteroatoms. The lowest BCUT2D eigenvalue weighted by atomic mass is 10.0. The maximum Gasteiger partial charge on any atom is 0.0558 e. The maximum atomic E-state index is 9.45. The molecular formula is C26H39BrN2O. The zero-order valence-corrected chi connectivity index (χ0v) is 20.9. The van der Waals surface area contributed by atoms with Crippen LogP contribution in [0, 0.1) is 20.8 Å². The molecule has 30 heavy (non-hydrogen) atoms. The van der Waals surface area contributed by atoms with Gasteiger partial charge in [-0.3, -0.25) is 4.90 Å². The van der Waals surface area contributed by atoms with Crippen LogP contribution in [-0.4, -0.2) is 42.1 Å². The van der Waals surface area contributed by atoms with Crippen molar-refractivity contribution in [3.63, 3.8) is 0 Å². The number of rotatable bonds is 11. The van der Waals surface area contributed by atoms with Gasteiger partial charge < -0.3 is 10.4 Å². The zero-order chi connectivity index (χ0) is 22.4. The highest BCUT2D eigenvalue weighted by molar-refractivity contribution is 9.08. The summed E-state index contributed by atoms with van der Waals surface area (Å²) in [6.07, 6.45) is 4.32. The molecule has 2 aromatic carbocycles. The average Bonchev–Trinajstić information content (AvgIpc) is 2.71. The molecule has 2 aromatic rings. The Hall–Kier alpha value is -1.62. The largest absolute Gasteiger partial charge is 0.395 e. The summed E-state index contributed by atoms with van der Waals surface area (Å²) < 4.78 is 0. The lowest BCUT2D eigenvalue weighted by molar-refractivity contribution is 0.189. The summed E-state index contributed by atoms with van der Waals surface area (Å²) in [6.45, 7) is 12.3. The van der Waals surface area contributed by atoms with Gasteiger partial charge in [-0.25, -0.2) is 0 Å². The van der Waals surface area contributed by atoms with E-state index in [0.29, 0.717) is 6.54 Å². The maximum absolute atomic E-state index is 9.45. The SMILES string of the molecule is CBr.CC/C=C(/NCCCN(CCO)Cc1cc(C)cc(C)c1)c1ccccc1C. The third-order valence-electron chi connectivity index (χ3n) is 4.91. The van der Waals surface area contributed by atoms with Crippen LogP contribution < -0.4 is 5.32 Å². The smallest absolute Gasteiger partial charge is 0.0558 e. The minimum Gasteiger partial charge on any atom is -0.395 e. The molecule has 0 aliphatic heterocycles. The first kappa shape index (κ1) is 26.4. The molecule has 2 rings (SSSR count). The van der Waals surface area contributed by atoms with Gasteiger partial charge in [-0.05, 0) is 50.6 Å². The average molecular weight is 476 g/mol. The van der Waals surface area contributed by atoms with Crippen molar-refractivity contribution in [3.8, 4) is 0 Å². The summed E-state index contributed by atoms with van der Waals surface area (Å²) in [4.78, 5) is 2.34. The Morgan fingerprint density at radius 3 is 2.30 bits per heavy atom. The number of aliphatic hydroxyl groups is 1. The number of hydrogen-bond acceptors (Lipinski definition) is 3. The first-order valence-corrected chi connectivity index (χ1v) is 12.4. The second-order valence-electron chi connectivity index (χ2n) is 7.62. The van der Waals surface area contributed by atoms with E-state index in [4.69, 9.17) is 0 Å². The normalized spacial score (nSPS) is 11.3. The number of allylic oxidation sites excluding steroid dienone is 1. The molecule has 0 saturated heterocycles. The molecule has 0 aliphatic rings. The lowest BCUT2D eigenvalue weighted by Gasteiger charge is -2.22. The molecule has 3 nitrogen and oxygen atoms in total. The van der Waals surface area contributed by atoms with E-state index in [2.05, 4.69) is 102 Å². The number of aryl methyl sites for hydroxylation is 3. The molecule has 0 aliphatic carbocycles. The molecule has 0 aromatic heterocycles. The highest BCUT2D eigenvalue weighted by Gasteiger charge is 2.08. The number of nitrogens with zero attached hydrogens (tertiary/aromatic N) is 1. The van der Waals surface area contributed by atoms with E-state index in [9.17, 15) is 5.11 Å². The Bertz CT molecular complexity index is 753. The second kappa shape index (κ2) is 15.2. The fraction of sp³-hybridized carbons (Fsp3) is 0.462. The Kier molecular flexibility index (Phi) is 13.4. The zero-order valence-electron chi connectivity index (χ0n) is 19.3. The van der Waals surface area contributed by atoms with Crippen LogP contribution in [-0.2, 0) is 6.54 Å². The van der Waals surface area contributed by atoms with E-state index in [-0.39, 0.29) is 6.61 Å². The molecule has 166 valence electrons. The standard InChI is InChI=1S/C25H36N2O.CH3Br/c1-5-9-25(24-11-7-6-10-22(24)4)26-12-8-13-27(14-15-28)19-23-17-20(2)16-21(3)18-23;1-2/h6-7,9-11,16-18,26,28H,5,8,12-15,19H2,1-4H3;1H3/b25-9+;. The van der Waals surface area contributed by atoms with Crippen molar-refractivity contribution in [2.45, 2.75) is 47.1 Å². The van der Waals surface area contributed by atoms with Gasteiger partial charge in [-0.2, -0.15) is 0 Å². The van der Waals surface area contributed by atoms with Crippen molar-refractivity contribution >= 4 is 21.6 Å². The van der Waals surface area contributed by atoms with Gasteiger partial charge in [0.05, 0.1) is 6.61 Å². The molecule has 0 unspecified atom stereocenters. The summed E-state index contributed by atoms with van der Waals surface area (Å²) in [5.41, 5.74) is 7.73. The Balaban J connectivity index is 0.00000218. The molecule has 0 fully saturated rings. The quantitative estimate of drug-likeness (QED) is 0.316. The van der Waals surface area contributed by atoms with Crippen LogP contribution in [0.4, 0.5) is 0 Å². The van der Waals surface area contributed by atoms with Gasteiger partial charge in [0.2, 0.25) is 0 Å². The first-order valence-electron chi connectivity index (χ1n) is 10.8. The minimum atomic E-state index is 0.197. The van der Waals surface area contributed by atoms with Crippen LogP contribution in [0.3, 0.4) is 0 Å². The van der Waals surface area contributed by atoms with E-state index >= 15 is 0 Å². The number of nitrogens with one attached hydrogen (secondary N) is 1. The minimum absolute atomic E-state index is 0.197. The molecule has 0 saturated carbocycles. The Morgan fingerprint density at radius 1 is 1.03 bits per heavy atom. The van der Waals surface area contributed by atoms with Gasteiger partial charge in [0, 0.05) is 37.4 Å². The van der Waals surface area contributed by atoms with Crippen LogP contribution in [0.2, 0.25) is 0 Å². The van der Waals surface area contributed by atoms with Crippen LogP contribution in [0.25, 0.3) is 5.70 Å². The van der Waals surface area contributed by atoms with Crippen LogP contribution in [0.1, 0.15) is 47.6 Å². The third kappa shape index (κ3) is 9.46. The van der Waals surface area contributed by atoms with Gasteiger partial charge in [0.15, 0.2) is 0 Å². The van der Waals surface area contributed by atoms with E-state index < -0.39 is 0 Å². The fourth-order valence-electron chi connectivity index (χ4n) is 3.71. The van der Waals surface area contributed by atoms with E-state index in [1.807, 2.05) is 5.83 Å². The highest BCUT2D eigenvalue weighted by Crippen LogP contribution is 2.17. The highest BCUT2D eigenvalue weighted by atomic mass is 79.9. The summed E-state index contributed by atoms with van der Waals surface area (Å²) in [7, 11) is 0. The molecule has 0 spiro atoms. The van der Waals surface area contributed by atoms with Gasteiger partial charge in [-0.1, -0.05) is 82.5 Å². The van der Waals surface area contributed by atoms with Crippen molar-refractivity contribution in [1.82, 2.24) is 10.2 Å². The van der Waals surface area contributed by atoms with Crippen molar-refractivity contribution in [1.29, 1.82) is 0 Å². The molecule has 0 heterocycles. The topological polar surface area (TPSA) is 35.5 Å². The predicted octanol–water partition coefficient (Wildman–Crippen LogP) is 5.85. The Morgan fingerprint density at radius 2 is 1.70 bits per heavy atom. The summed E-state index contributed by atoms with van der Waals surface area (Å²) in [5, 5.41) is 13.1. The second-order valence-corrected chi connectivity index (χ2v) is 7.62. The van der Waals surface area contributed by atoms with E-state index in [1.54, 1.807) is 0 Å². The van der Waals surface area contributed by atoms with Crippen LogP contribution in [0.15, 0.2) is 48.5 Å². The Labute approximate surface area is 192 Å². The molecule has 0 amide bonds. The summed E-state index contributed by atoms with van der Waals surface area (Å²) in [5.74, 6) is 1.81. The molecule has 2 N–H and O–H groups in total. The van der Waals surface area contributed by atoms with Crippen molar-refractivity contribution in [2.24, 2.45) is 0 Å². The van der Waals surface area contributed by atoms with Crippen LogP contribution >= 0.6 is 15.9 Å². The van der Waals surface area contributed by atoms with E-state index in [0.717, 1.165) is 32.5 Å². The lowest BCUT2D eigenvalue weighted by Crippen LogP contribution is -2.29.